The second-order valence-electron chi connectivity index (χ2n) is 7.51. The first-order valence-corrected chi connectivity index (χ1v) is 13.8. The van der Waals surface area contributed by atoms with E-state index in [9.17, 15) is 4.79 Å². The number of aryl methyl sites for hydroxylation is 1. The van der Waals surface area contributed by atoms with E-state index < -0.39 is 11.4 Å². The van der Waals surface area contributed by atoms with Crippen molar-refractivity contribution in [1.82, 2.24) is 24.5 Å². The first-order chi connectivity index (χ1) is 15.0. The average molecular weight is 552 g/mol. The molecule has 2 N–H and O–H groups in total. The summed E-state index contributed by atoms with van der Waals surface area (Å²) in [6.07, 6.45) is 4.24. The summed E-state index contributed by atoms with van der Waals surface area (Å²) in [5.41, 5.74) is 3.34. The molecule has 1 fully saturated rings. The molecule has 31 heavy (non-hydrogen) atoms. The molecule has 3 heterocycles. The number of aromatic amines is 1. The maximum absolute atomic E-state index is 16.0. The van der Waals surface area contributed by atoms with Crippen molar-refractivity contribution in [2.45, 2.75) is 25.7 Å². The fourth-order valence-electron chi connectivity index (χ4n) is 4.16. The molecule has 4 aromatic rings. The van der Waals surface area contributed by atoms with Crippen LogP contribution >= 0.6 is 28.4 Å². The summed E-state index contributed by atoms with van der Waals surface area (Å²) >= 11 is 2.27. The molecular formula is C20H19FIN6O2P. The van der Waals surface area contributed by atoms with Gasteiger partial charge in [-0.05, 0) is 64.9 Å². The molecule has 1 aromatic carbocycles. The van der Waals surface area contributed by atoms with E-state index in [2.05, 4.69) is 53.5 Å². The minimum Gasteiger partial charge on any atom is -0.467 e. The van der Waals surface area contributed by atoms with Gasteiger partial charge in [0.1, 0.15) is 16.7 Å². The third-order valence-corrected chi connectivity index (χ3v) is 7.53. The molecule has 5 rings (SSSR count). The third-order valence-electron chi connectivity index (χ3n) is 5.64. The number of hydrogen-bond donors (Lipinski definition) is 2. The minimum atomic E-state index is -0.606. The van der Waals surface area contributed by atoms with Gasteiger partial charge in [-0.25, -0.2) is 8.84 Å². The van der Waals surface area contributed by atoms with Gasteiger partial charge in [0.2, 0.25) is 0 Å². The Kier molecular flexibility index (Phi) is 5.09. The topological polar surface area (TPSA) is 97.7 Å². The van der Waals surface area contributed by atoms with Crippen LogP contribution < -0.4 is 15.6 Å². The van der Waals surface area contributed by atoms with Crippen molar-refractivity contribution in [3.05, 3.63) is 39.6 Å². The lowest BCUT2D eigenvalue weighted by molar-refractivity contribution is 0.382. The van der Waals surface area contributed by atoms with E-state index in [-0.39, 0.29) is 28.4 Å². The fourth-order valence-corrected chi connectivity index (χ4v) is 5.69. The van der Waals surface area contributed by atoms with E-state index in [1.54, 1.807) is 13.2 Å². The number of nitrogens with one attached hydrogen (secondary N) is 2. The van der Waals surface area contributed by atoms with E-state index in [4.69, 9.17) is 4.74 Å². The first kappa shape index (κ1) is 20.6. The number of anilines is 1. The highest BCUT2D eigenvalue weighted by molar-refractivity contribution is 14.2. The van der Waals surface area contributed by atoms with Crippen LogP contribution in [-0.4, -0.2) is 38.7 Å². The Balaban J connectivity index is 1.92. The van der Waals surface area contributed by atoms with Crippen molar-refractivity contribution < 1.29 is 9.13 Å². The maximum atomic E-state index is 16.0. The van der Waals surface area contributed by atoms with E-state index in [0.717, 1.165) is 34.9 Å². The lowest BCUT2D eigenvalue weighted by Gasteiger charge is -2.16. The summed E-state index contributed by atoms with van der Waals surface area (Å²) in [6.45, 7) is 2.03. The van der Waals surface area contributed by atoms with Crippen LogP contribution in [0.4, 0.5) is 10.2 Å². The van der Waals surface area contributed by atoms with Gasteiger partial charge in [0, 0.05) is 18.0 Å². The molecule has 1 atom stereocenters. The zero-order valence-electron chi connectivity index (χ0n) is 17.0. The zero-order chi connectivity index (χ0) is 21.9. The normalized spacial score (nSPS) is 14.2. The third kappa shape index (κ3) is 3.18. The van der Waals surface area contributed by atoms with Gasteiger partial charge in [-0.15, -0.1) is 0 Å². The van der Waals surface area contributed by atoms with Gasteiger partial charge in [-0.3, -0.25) is 4.79 Å². The molecule has 160 valence electrons. The predicted octanol–water partition coefficient (Wildman–Crippen LogP) is 4.50. The Labute approximate surface area is 191 Å². The number of fused-ring (bicyclic) bond motifs is 2. The Morgan fingerprint density at radius 3 is 2.81 bits per heavy atom. The van der Waals surface area contributed by atoms with Crippen LogP contribution in [-0.2, 0) is 0 Å². The van der Waals surface area contributed by atoms with Crippen LogP contribution in [0.1, 0.15) is 29.9 Å². The predicted molar refractivity (Wildman–Crippen MR) is 129 cm³/mol. The van der Waals surface area contributed by atoms with Crippen molar-refractivity contribution in [2.75, 3.05) is 19.5 Å². The molecule has 1 aliphatic carbocycles. The van der Waals surface area contributed by atoms with Gasteiger partial charge in [-0.1, -0.05) is 0 Å². The van der Waals surface area contributed by atoms with E-state index in [1.165, 1.54) is 7.11 Å². The van der Waals surface area contributed by atoms with Gasteiger partial charge in [0.25, 0.3) is 5.56 Å². The largest absolute Gasteiger partial charge is 0.467 e. The number of methoxy groups -OCH3 is 1. The second kappa shape index (κ2) is 7.67. The first-order valence-electron chi connectivity index (χ1n) is 9.72. The van der Waals surface area contributed by atoms with Gasteiger partial charge in [0.15, 0.2) is 5.82 Å². The Bertz CT molecular complexity index is 1420. The van der Waals surface area contributed by atoms with Crippen LogP contribution in [0.2, 0.25) is 0 Å². The number of ether oxygens (including phenoxy) is 1. The highest BCUT2D eigenvalue weighted by Crippen LogP contribution is 2.49. The maximum Gasteiger partial charge on any atom is 0.318 e. The summed E-state index contributed by atoms with van der Waals surface area (Å²) in [4.78, 5) is 24.2. The van der Waals surface area contributed by atoms with Crippen LogP contribution in [0.5, 0.6) is 6.01 Å². The summed E-state index contributed by atoms with van der Waals surface area (Å²) < 4.78 is 23.0. The molecule has 0 saturated heterocycles. The molecule has 1 saturated carbocycles. The molecule has 0 aliphatic heterocycles. The molecule has 1 unspecified atom stereocenters. The number of halogens is 2. The standard InChI is InChI=1S/C20H19FIN6O2P/c1-8-6-11-10(7-24-28(11)31-22)13(12(8)9-4-5-9)16-15(21)17-14(19(29)25-16)18(23-2)27-20(26-17)30-3/h6-7,9,31H,4-5H2,1-3H3,(H,25,29)(H,23,26,27). The number of aromatic nitrogens is 5. The van der Waals surface area contributed by atoms with Crippen molar-refractivity contribution in [3.63, 3.8) is 0 Å². The van der Waals surface area contributed by atoms with E-state index >= 15 is 4.39 Å². The van der Waals surface area contributed by atoms with Gasteiger partial charge in [-0.2, -0.15) is 15.1 Å². The Hall–Kier alpha value is -2.33. The molecule has 8 nitrogen and oxygen atoms in total. The lowest BCUT2D eigenvalue weighted by Crippen LogP contribution is -2.15. The monoisotopic (exact) mass is 552 g/mol. The molecule has 0 radical (unpaired) electrons. The number of rotatable bonds is 5. The number of hydrogen-bond acceptors (Lipinski definition) is 6. The molecule has 0 amide bonds. The smallest absolute Gasteiger partial charge is 0.318 e. The quantitative estimate of drug-likeness (QED) is 0.280. The van der Waals surface area contributed by atoms with Crippen molar-refractivity contribution in [2.24, 2.45) is 0 Å². The lowest BCUT2D eigenvalue weighted by atomic mass is 9.92. The summed E-state index contributed by atoms with van der Waals surface area (Å²) in [6, 6.07) is 2.09. The highest BCUT2D eigenvalue weighted by atomic mass is 127. The van der Waals surface area contributed by atoms with E-state index in [1.807, 2.05) is 11.4 Å². The number of nitrogens with zero attached hydrogens (tertiary/aromatic N) is 4. The second-order valence-corrected chi connectivity index (χ2v) is 9.55. The number of pyridine rings is 1. The summed E-state index contributed by atoms with van der Waals surface area (Å²) in [5, 5.41) is 8.19. The van der Waals surface area contributed by atoms with E-state index in [0.29, 0.717) is 17.9 Å². The van der Waals surface area contributed by atoms with Gasteiger partial charge in [0.05, 0.1) is 30.9 Å². The van der Waals surface area contributed by atoms with Crippen LogP contribution in [0.25, 0.3) is 33.1 Å². The molecule has 3 aromatic heterocycles. The zero-order valence-corrected chi connectivity index (χ0v) is 20.2. The van der Waals surface area contributed by atoms with Crippen molar-refractivity contribution in [1.29, 1.82) is 0 Å². The van der Waals surface area contributed by atoms with Crippen molar-refractivity contribution >= 4 is 56.0 Å². The Morgan fingerprint density at radius 2 is 2.16 bits per heavy atom. The molecular weight excluding hydrogens is 533 g/mol. The number of benzene rings is 1. The molecule has 1 aliphatic rings. The summed E-state index contributed by atoms with van der Waals surface area (Å²) in [5.74, 6) is -0.0502. The fraction of sp³-hybridized carbons (Fsp3) is 0.300. The molecule has 11 heteroatoms. The van der Waals surface area contributed by atoms with Crippen LogP contribution in [0.3, 0.4) is 0 Å². The molecule has 0 bridgehead atoms. The number of H-pyrrole nitrogens is 1. The summed E-state index contributed by atoms with van der Waals surface area (Å²) in [7, 11) is 3.02. The average Bonchev–Trinajstić information content (AvgIpc) is 3.53. The highest BCUT2D eigenvalue weighted by Gasteiger charge is 2.32. The van der Waals surface area contributed by atoms with Crippen molar-refractivity contribution in [3.8, 4) is 17.3 Å². The van der Waals surface area contributed by atoms with Gasteiger partial charge < -0.3 is 15.0 Å². The SMILES string of the molecule is CNc1nc(OC)nc2c(F)c(-c3c(C4CC4)c(C)cc4c3cnn4PI)[nH]c(=O)c12. The van der Waals surface area contributed by atoms with Crippen LogP contribution in [0, 0.1) is 12.7 Å². The molecule has 0 spiro atoms. The minimum absolute atomic E-state index is 0.0111. The van der Waals surface area contributed by atoms with Gasteiger partial charge >= 0.3 is 6.01 Å². The van der Waals surface area contributed by atoms with Crippen LogP contribution in [0.15, 0.2) is 17.1 Å². The Morgan fingerprint density at radius 1 is 1.39 bits per heavy atom.